The summed E-state index contributed by atoms with van der Waals surface area (Å²) < 4.78 is 14.6. The van der Waals surface area contributed by atoms with Crippen LogP contribution in [0.25, 0.3) is 21.5 Å². The number of carbonyl (C=O) groups is 1. The molecule has 0 atom stereocenters. The molecule has 8 heteroatoms. The van der Waals surface area contributed by atoms with Gasteiger partial charge in [0.1, 0.15) is 5.82 Å². The van der Waals surface area contributed by atoms with Crippen molar-refractivity contribution in [2.24, 2.45) is 0 Å². The number of aromatic nitrogens is 2. The largest absolute Gasteiger partial charge is 0.331 e. The molecule has 4 aromatic rings. The first-order valence-corrected chi connectivity index (χ1v) is 11.5. The van der Waals surface area contributed by atoms with Crippen molar-refractivity contribution in [3.8, 4) is 10.4 Å². The topological polar surface area (TPSA) is 75.2 Å². The first-order chi connectivity index (χ1) is 15.8. The third-order valence-electron chi connectivity index (χ3n) is 5.54. The van der Waals surface area contributed by atoms with Gasteiger partial charge < -0.3 is 14.5 Å². The Hall–Kier alpha value is -3.52. The van der Waals surface area contributed by atoms with E-state index in [1.807, 2.05) is 26.0 Å². The van der Waals surface area contributed by atoms with Crippen molar-refractivity contribution < 1.29 is 9.18 Å². The molecule has 0 aliphatic heterocycles. The fourth-order valence-electron chi connectivity index (χ4n) is 3.78. The maximum Gasteiger partial charge on any atom is 0.316 e. The smallest absolute Gasteiger partial charge is 0.316 e. The van der Waals surface area contributed by atoms with Gasteiger partial charge in [0.2, 0.25) is 0 Å². The van der Waals surface area contributed by atoms with Gasteiger partial charge in [0.25, 0.3) is 5.91 Å². The number of aromatic amines is 1. The van der Waals surface area contributed by atoms with Gasteiger partial charge in [0.15, 0.2) is 0 Å². The lowest BCUT2D eigenvalue weighted by molar-refractivity contribution is 0.0692. The van der Waals surface area contributed by atoms with Crippen LogP contribution in [-0.4, -0.2) is 26.4 Å². The Labute approximate surface area is 193 Å². The van der Waals surface area contributed by atoms with E-state index in [0.717, 1.165) is 15.3 Å². The van der Waals surface area contributed by atoms with Crippen molar-refractivity contribution in [1.29, 1.82) is 0 Å². The number of hydrogen-bond donors (Lipinski definition) is 1. The molecule has 0 fully saturated rings. The molecule has 2 heterocycles. The molecule has 0 unspecified atom stereocenters. The molecule has 170 valence electrons. The summed E-state index contributed by atoms with van der Waals surface area (Å²) in [4.78, 5) is 43.8. The zero-order valence-electron chi connectivity index (χ0n) is 18.6. The lowest BCUT2D eigenvalue weighted by atomic mass is 10.1. The number of carbonyl (C=O) groups excluding carboxylic acids is 1. The zero-order valence-corrected chi connectivity index (χ0v) is 19.4. The molecule has 1 N–H and O–H groups in total. The van der Waals surface area contributed by atoms with Crippen molar-refractivity contribution in [2.75, 3.05) is 0 Å². The van der Waals surface area contributed by atoms with Gasteiger partial charge in [-0.15, -0.1) is 11.3 Å². The van der Waals surface area contributed by atoms with Crippen LogP contribution in [0.2, 0.25) is 0 Å². The van der Waals surface area contributed by atoms with Gasteiger partial charge in [-0.1, -0.05) is 12.1 Å². The minimum Gasteiger partial charge on any atom is -0.331 e. The fourth-order valence-corrected chi connectivity index (χ4v) is 4.79. The van der Waals surface area contributed by atoms with Crippen molar-refractivity contribution in [1.82, 2.24) is 14.5 Å². The molecular weight excluding hydrogens is 441 g/mol. The van der Waals surface area contributed by atoms with E-state index >= 15 is 0 Å². The zero-order chi connectivity index (χ0) is 23.7. The highest BCUT2D eigenvalue weighted by atomic mass is 32.1. The molecule has 0 saturated carbocycles. The van der Waals surface area contributed by atoms with Gasteiger partial charge in [0.05, 0.1) is 17.6 Å². The predicted octanol–water partition coefficient (Wildman–Crippen LogP) is 4.63. The van der Waals surface area contributed by atoms with Gasteiger partial charge in [-0.3, -0.25) is 14.4 Å². The molecule has 0 spiro atoms. The summed E-state index contributed by atoms with van der Waals surface area (Å²) in [6, 6.07) is 15.2. The SMILES string of the molecule is CCn1c(=O)c(=O)[nH]c2cc(C(=O)N(Cc3ccc(-c4ccc(F)cc4)s3)C(C)C)ccc21. The van der Waals surface area contributed by atoms with Crippen molar-refractivity contribution >= 4 is 28.3 Å². The molecule has 6 nitrogen and oxygen atoms in total. The third kappa shape index (κ3) is 4.52. The van der Waals surface area contributed by atoms with E-state index in [2.05, 4.69) is 4.98 Å². The lowest BCUT2D eigenvalue weighted by Gasteiger charge is -2.26. The number of rotatable bonds is 6. The van der Waals surface area contributed by atoms with Crippen LogP contribution >= 0.6 is 11.3 Å². The second kappa shape index (κ2) is 9.15. The summed E-state index contributed by atoms with van der Waals surface area (Å²) in [5, 5.41) is 0. The van der Waals surface area contributed by atoms with E-state index in [1.54, 1.807) is 53.5 Å². The highest BCUT2D eigenvalue weighted by Crippen LogP contribution is 2.29. The maximum absolute atomic E-state index is 13.4. The average molecular weight is 466 g/mol. The van der Waals surface area contributed by atoms with Crippen LogP contribution < -0.4 is 11.1 Å². The van der Waals surface area contributed by atoms with Crippen molar-refractivity contribution in [3.63, 3.8) is 0 Å². The fraction of sp³-hybridized carbons (Fsp3) is 0.240. The van der Waals surface area contributed by atoms with Crippen LogP contribution in [0.5, 0.6) is 0 Å². The molecule has 0 aliphatic rings. The van der Waals surface area contributed by atoms with Crippen LogP contribution in [0.3, 0.4) is 0 Å². The summed E-state index contributed by atoms with van der Waals surface area (Å²) in [6.07, 6.45) is 0. The molecule has 33 heavy (non-hydrogen) atoms. The standard InChI is InChI=1S/C25H24FN3O3S/c1-4-28-21-11-7-17(13-20(21)27-23(30)25(28)32)24(31)29(15(2)3)14-19-10-12-22(33-19)16-5-8-18(26)9-6-16/h5-13,15H,4,14H2,1-3H3,(H,27,30). The maximum atomic E-state index is 13.4. The highest BCUT2D eigenvalue weighted by Gasteiger charge is 2.21. The number of fused-ring (bicyclic) bond motifs is 1. The first-order valence-electron chi connectivity index (χ1n) is 10.7. The number of aryl methyl sites for hydroxylation is 1. The number of benzene rings is 2. The van der Waals surface area contributed by atoms with Crippen LogP contribution in [0.15, 0.2) is 64.2 Å². The van der Waals surface area contributed by atoms with Crippen LogP contribution in [0, 0.1) is 5.82 Å². The molecule has 0 radical (unpaired) electrons. The van der Waals surface area contributed by atoms with Crippen LogP contribution in [0.1, 0.15) is 36.0 Å². The van der Waals surface area contributed by atoms with Crippen LogP contribution in [-0.2, 0) is 13.1 Å². The normalized spacial score (nSPS) is 11.3. The number of thiophene rings is 1. The summed E-state index contributed by atoms with van der Waals surface area (Å²) in [7, 11) is 0. The molecule has 0 saturated heterocycles. The monoisotopic (exact) mass is 465 g/mol. The molecule has 0 aliphatic carbocycles. The molecule has 4 rings (SSSR count). The Bertz CT molecular complexity index is 1430. The Morgan fingerprint density at radius 1 is 1.09 bits per heavy atom. The van der Waals surface area contributed by atoms with Crippen molar-refractivity contribution in [3.05, 3.63) is 91.6 Å². The van der Waals surface area contributed by atoms with Gasteiger partial charge >= 0.3 is 11.1 Å². The van der Waals surface area contributed by atoms with E-state index in [9.17, 15) is 18.8 Å². The summed E-state index contributed by atoms with van der Waals surface area (Å²) >= 11 is 1.56. The lowest BCUT2D eigenvalue weighted by Crippen LogP contribution is -2.37. The molecular formula is C25H24FN3O3S. The van der Waals surface area contributed by atoms with E-state index < -0.39 is 11.1 Å². The van der Waals surface area contributed by atoms with Gasteiger partial charge in [0, 0.05) is 27.9 Å². The van der Waals surface area contributed by atoms with E-state index in [0.29, 0.717) is 29.7 Å². The number of nitrogens with one attached hydrogen (secondary N) is 1. The molecule has 2 aromatic carbocycles. The quantitative estimate of drug-likeness (QED) is 0.422. The summed E-state index contributed by atoms with van der Waals surface area (Å²) in [5.41, 5.74) is 1.07. The summed E-state index contributed by atoms with van der Waals surface area (Å²) in [5.74, 6) is -0.446. The van der Waals surface area contributed by atoms with E-state index in [1.165, 1.54) is 16.7 Å². The Balaban J connectivity index is 1.63. The molecule has 2 aromatic heterocycles. The third-order valence-corrected chi connectivity index (χ3v) is 6.66. The Kier molecular flexibility index (Phi) is 6.29. The van der Waals surface area contributed by atoms with E-state index in [-0.39, 0.29) is 17.8 Å². The number of hydrogen-bond acceptors (Lipinski definition) is 4. The second-order valence-corrected chi connectivity index (χ2v) is 9.20. The second-order valence-electron chi connectivity index (χ2n) is 8.04. The van der Waals surface area contributed by atoms with Gasteiger partial charge in [-0.2, -0.15) is 0 Å². The predicted molar refractivity (Wildman–Crippen MR) is 129 cm³/mol. The minimum absolute atomic E-state index is 0.0618. The van der Waals surface area contributed by atoms with Crippen molar-refractivity contribution in [2.45, 2.75) is 39.9 Å². The number of amides is 1. The Morgan fingerprint density at radius 2 is 1.82 bits per heavy atom. The highest BCUT2D eigenvalue weighted by molar-refractivity contribution is 7.15. The summed E-state index contributed by atoms with van der Waals surface area (Å²) in [6.45, 7) is 6.47. The minimum atomic E-state index is -0.707. The average Bonchev–Trinajstić information content (AvgIpc) is 3.26. The molecule has 0 bridgehead atoms. The number of H-pyrrole nitrogens is 1. The first kappa shape index (κ1) is 22.7. The molecule has 1 amide bonds. The van der Waals surface area contributed by atoms with E-state index in [4.69, 9.17) is 0 Å². The number of halogens is 1. The Morgan fingerprint density at radius 3 is 2.48 bits per heavy atom. The van der Waals surface area contributed by atoms with Crippen LogP contribution in [0.4, 0.5) is 4.39 Å². The van der Waals surface area contributed by atoms with Gasteiger partial charge in [-0.05, 0) is 68.8 Å². The van der Waals surface area contributed by atoms with Gasteiger partial charge in [-0.25, -0.2) is 4.39 Å². The number of nitrogens with zero attached hydrogens (tertiary/aromatic N) is 2.